The van der Waals surface area contributed by atoms with Crippen LogP contribution in [0.1, 0.15) is 25.0 Å². The van der Waals surface area contributed by atoms with E-state index in [0.717, 1.165) is 11.4 Å². The fourth-order valence-electron chi connectivity index (χ4n) is 11.4. The molecule has 4 nitrogen and oxygen atoms in total. The molecule has 0 saturated heterocycles. The molecule has 0 N–H and O–H groups in total. The molecule has 0 bridgehead atoms. The van der Waals surface area contributed by atoms with E-state index in [-0.39, 0.29) is 5.41 Å². The van der Waals surface area contributed by atoms with Crippen molar-refractivity contribution in [2.75, 3.05) is 0 Å². The molecule has 0 aliphatic carbocycles. The van der Waals surface area contributed by atoms with Gasteiger partial charge in [0.2, 0.25) is 0 Å². The van der Waals surface area contributed by atoms with Gasteiger partial charge in [0.15, 0.2) is 0 Å². The fraction of sp³-hybridized carbons (Fsp3) is 0.0476. The lowest BCUT2D eigenvalue weighted by atomic mass is 9.78. The Bertz CT molecular complexity index is 3900. The van der Waals surface area contributed by atoms with E-state index in [1.807, 2.05) is 0 Å². The Morgan fingerprint density at radius 2 is 0.448 bits per heavy atom. The Morgan fingerprint density at radius 3 is 0.746 bits per heavy atom. The van der Waals surface area contributed by atoms with Gasteiger partial charge in [0.1, 0.15) is 0 Å². The number of hydrogen-bond acceptors (Lipinski definition) is 0. The van der Waals surface area contributed by atoms with Crippen LogP contribution in [0.4, 0.5) is 0 Å². The molecule has 0 aliphatic rings. The maximum Gasteiger partial charge on any atom is 0.0542 e. The van der Waals surface area contributed by atoms with E-state index >= 15 is 0 Å². The van der Waals surface area contributed by atoms with Crippen LogP contribution in [0.25, 0.3) is 110 Å². The van der Waals surface area contributed by atoms with Crippen LogP contribution < -0.4 is 0 Å². The van der Waals surface area contributed by atoms with Gasteiger partial charge < -0.3 is 18.3 Å². The highest BCUT2D eigenvalue weighted by molar-refractivity contribution is 6.14. The van der Waals surface area contributed by atoms with Crippen LogP contribution in [0.15, 0.2) is 231 Å². The van der Waals surface area contributed by atoms with Crippen molar-refractivity contribution in [3.63, 3.8) is 0 Å². The Morgan fingerprint density at radius 1 is 0.224 bits per heavy atom. The van der Waals surface area contributed by atoms with Crippen LogP contribution in [-0.2, 0) is 5.41 Å². The normalized spacial score (nSPS) is 12.3. The van der Waals surface area contributed by atoms with Crippen molar-refractivity contribution in [2.24, 2.45) is 0 Å². The van der Waals surface area contributed by atoms with Crippen LogP contribution in [0, 0.1) is 0 Å². The third-order valence-electron chi connectivity index (χ3n) is 14.7. The first-order valence-electron chi connectivity index (χ1n) is 23.3. The highest BCUT2D eigenvalue weighted by atomic mass is 15.0. The summed E-state index contributed by atoms with van der Waals surface area (Å²) in [6.07, 6.45) is 0. The molecular weight excluding hydrogens is 813 g/mol. The second kappa shape index (κ2) is 14.2. The molecule has 0 aliphatic heterocycles. The van der Waals surface area contributed by atoms with Crippen molar-refractivity contribution >= 4 is 87.2 Å². The summed E-state index contributed by atoms with van der Waals surface area (Å²) in [5, 5.41) is 10.1. The topological polar surface area (TPSA) is 19.7 Å². The Labute approximate surface area is 387 Å². The van der Waals surface area contributed by atoms with Crippen molar-refractivity contribution < 1.29 is 0 Å². The van der Waals surface area contributed by atoms with Crippen molar-refractivity contribution in [3.05, 3.63) is 242 Å². The molecule has 0 atom stereocenters. The first-order chi connectivity index (χ1) is 33.0. The minimum absolute atomic E-state index is 0.229. The first-order valence-corrected chi connectivity index (χ1v) is 23.3. The molecule has 4 heterocycles. The van der Waals surface area contributed by atoms with E-state index in [1.165, 1.54) is 110 Å². The fourth-order valence-corrected chi connectivity index (χ4v) is 11.4. The average molecular weight is 857 g/mol. The summed E-state index contributed by atoms with van der Waals surface area (Å²) < 4.78 is 9.66. The zero-order valence-corrected chi connectivity index (χ0v) is 37.2. The standard InChI is InChI=1S/C63H44N4/c1-63(2,41-27-31-43(32-28-41)64-59-25-13-7-19-51(59)53-39-45(35-37-61(53)64)66-55-21-9-3-15-47(55)48-16-4-10-22-56(48)66)42-29-33-44(34-30-42)65-60-26-14-8-20-52(60)54-40-46(36-38-62(54)65)67-57-23-11-5-17-49(57)50-18-6-12-24-58(50)67/h3-40H,1-2H3. The number of para-hydroxylation sites is 6. The van der Waals surface area contributed by atoms with E-state index in [1.54, 1.807) is 0 Å². The lowest BCUT2D eigenvalue weighted by Crippen LogP contribution is -2.19. The number of fused-ring (bicyclic) bond motifs is 12. The van der Waals surface area contributed by atoms with E-state index in [4.69, 9.17) is 0 Å². The average Bonchev–Trinajstić information content (AvgIpc) is 4.11. The van der Waals surface area contributed by atoms with E-state index in [2.05, 4.69) is 263 Å². The quantitative estimate of drug-likeness (QED) is 0.159. The SMILES string of the molecule is CC(C)(c1ccc(-n2c3ccccc3c3cc(-n4c5ccccc5c5ccccc54)ccc32)cc1)c1ccc(-n2c3ccccc3c3cc(-n4c5ccccc5c5ccccc54)ccc32)cc1. The summed E-state index contributed by atoms with van der Waals surface area (Å²) in [5.74, 6) is 0. The van der Waals surface area contributed by atoms with Gasteiger partial charge in [-0.25, -0.2) is 0 Å². The van der Waals surface area contributed by atoms with Gasteiger partial charge in [0, 0.05) is 71.3 Å². The molecular formula is C63H44N4. The highest BCUT2D eigenvalue weighted by Gasteiger charge is 2.25. The summed E-state index contributed by atoms with van der Waals surface area (Å²) in [7, 11) is 0. The number of benzene rings is 10. The van der Waals surface area contributed by atoms with Crippen molar-refractivity contribution in [1.82, 2.24) is 18.3 Å². The van der Waals surface area contributed by atoms with Gasteiger partial charge in [-0.2, -0.15) is 0 Å². The Kier molecular flexibility index (Phi) is 8.00. The van der Waals surface area contributed by atoms with Crippen LogP contribution in [0.5, 0.6) is 0 Å². The van der Waals surface area contributed by atoms with Crippen LogP contribution in [0.3, 0.4) is 0 Å². The van der Waals surface area contributed by atoms with Gasteiger partial charge >= 0.3 is 0 Å². The predicted octanol–water partition coefficient (Wildman–Crippen LogP) is 16.4. The van der Waals surface area contributed by atoms with Gasteiger partial charge in [0.25, 0.3) is 0 Å². The van der Waals surface area contributed by atoms with Gasteiger partial charge in [-0.15, -0.1) is 0 Å². The summed E-state index contributed by atoms with van der Waals surface area (Å²) in [6, 6.07) is 84.9. The van der Waals surface area contributed by atoms with Gasteiger partial charge in [-0.1, -0.05) is 147 Å². The number of nitrogens with zero attached hydrogens (tertiary/aromatic N) is 4. The van der Waals surface area contributed by atoms with Crippen molar-refractivity contribution in [3.8, 4) is 22.7 Å². The van der Waals surface area contributed by atoms with Gasteiger partial charge in [0.05, 0.1) is 44.1 Å². The molecule has 0 spiro atoms. The smallest absolute Gasteiger partial charge is 0.0542 e. The molecule has 0 unspecified atom stereocenters. The summed E-state index contributed by atoms with van der Waals surface area (Å²) in [5.41, 5.74) is 16.6. The lowest BCUT2D eigenvalue weighted by molar-refractivity contribution is 0.640. The number of hydrogen-bond donors (Lipinski definition) is 0. The van der Waals surface area contributed by atoms with E-state index < -0.39 is 0 Å². The zero-order chi connectivity index (χ0) is 44.4. The summed E-state index contributed by atoms with van der Waals surface area (Å²) >= 11 is 0. The molecule has 14 rings (SSSR count). The van der Waals surface area contributed by atoms with Crippen LogP contribution in [-0.4, -0.2) is 18.3 Å². The number of rotatable bonds is 6. The molecule has 0 saturated carbocycles. The van der Waals surface area contributed by atoms with E-state index in [0.29, 0.717) is 0 Å². The van der Waals surface area contributed by atoms with Crippen LogP contribution in [0.2, 0.25) is 0 Å². The molecule has 0 fully saturated rings. The monoisotopic (exact) mass is 856 g/mol. The second-order valence-electron chi connectivity index (χ2n) is 18.6. The Balaban J connectivity index is 0.815. The third kappa shape index (κ3) is 5.47. The maximum absolute atomic E-state index is 2.42. The van der Waals surface area contributed by atoms with Gasteiger partial charge in [-0.3, -0.25) is 0 Å². The van der Waals surface area contributed by atoms with Crippen molar-refractivity contribution in [1.29, 1.82) is 0 Å². The second-order valence-corrected chi connectivity index (χ2v) is 18.6. The van der Waals surface area contributed by atoms with Crippen LogP contribution >= 0.6 is 0 Å². The number of aromatic nitrogens is 4. The largest absolute Gasteiger partial charge is 0.309 e. The zero-order valence-electron chi connectivity index (χ0n) is 37.2. The predicted molar refractivity (Wildman–Crippen MR) is 282 cm³/mol. The minimum atomic E-state index is -0.229. The van der Waals surface area contributed by atoms with Crippen molar-refractivity contribution in [2.45, 2.75) is 19.3 Å². The first kappa shape index (κ1) is 37.7. The summed E-state index contributed by atoms with van der Waals surface area (Å²) in [4.78, 5) is 0. The molecule has 14 aromatic rings. The maximum atomic E-state index is 2.42. The molecule has 4 aromatic heterocycles. The Hall–Kier alpha value is -8.60. The molecule has 4 heteroatoms. The minimum Gasteiger partial charge on any atom is -0.309 e. The summed E-state index contributed by atoms with van der Waals surface area (Å²) in [6.45, 7) is 4.68. The molecule has 67 heavy (non-hydrogen) atoms. The van der Waals surface area contributed by atoms with E-state index in [9.17, 15) is 0 Å². The molecule has 316 valence electrons. The highest BCUT2D eigenvalue weighted by Crippen LogP contribution is 2.40. The molecule has 0 amide bonds. The molecule has 0 radical (unpaired) electrons. The third-order valence-corrected chi connectivity index (χ3v) is 14.7. The lowest BCUT2D eigenvalue weighted by Gasteiger charge is -2.27. The van der Waals surface area contributed by atoms with Gasteiger partial charge in [-0.05, 0) is 108 Å². The molecule has 10 aromatic carbocycles.